The minimum absolute atomic E-state index is 0.0761. The Morgan fingerprint density at radius 3 is 2.47 bits per heavy atom. The quantitative estimate of drug-likeness (QED) is 0.720. The second-order valence-electron chi connectivity index (χ2n) is 4.31. The third-order valence-corrected chi connectivity index (χ3v) is 4.18. The molecule has 0 amide bonds. The first-order valence-electron chi connectivity index (χ1n) is 6.20. The fourth-order valence-corrected chi connectivity index (χ4v) is 2.77. The molecular weight excluding hydrogens is 351 g/mol. The molecule has 0 saturated heterocycles. The van der Waals surface area contributed by atoms with Crippen molar-refractivity contribution in [1.82, 2.24) is 0 Å². The van der Waals surface area contributed by atoms with Crippen LogP contribution in [0.15, 0.2) is 48.5 Å². The average Bonchev–Trinajstić information content (AvgIpc) is 2.46. The molecule has 2 nitrogen and oxygen atoms in total. The van der Waals surface area contributed by atoms with E-state index in [2.05, 4.69) is 40.8 Å². The number of halogens is 1. The van der Waals surface area contributed by atoms with Crippen molar-refractivity contribution in [2.24, 2.45) is 0 Å². The first-order valence-corrected chi connectivity index (χ1v) is 7.28. The van der Waals surface area contributed by atoms with Crippen LogP contribution in [0.25, 0.3) is 0 Å². The van der Waals surface area contributed by atoms with Gasteiger partial charge in [-0.05, 0) is 46.7 Å². The van der Waals surface area contributed by atoms with E-state index in [1.807, 2.05) is 37.3 Å². The van der Waals surface area contributed by atoms with Gasteiger partial charge in [-0.2, -0.15) is 0 Å². The Kier molecular flexibility index (Phi) is 5.22. The van der Waals surface area contributed by atoms with E-state index in [9.17, 15) is 0 Å². The molecule has 2 aromatic carbocycles. The van der Waals surface area contributed by atoms with E-state index < -0.39 is 0 Å². The number of hydrogen-bond donors (Lipinski definition) is 0. The summed E-state index contributed by atoms with van der Waals surface area (Å²) in [6.45, 7) is 2.63. The Balaban J connectivity index is 2.13. The molecule has 2 rings (SSSR count). The molecule has 0 aliphatic rings. The van der Waals surface area contributed by atoms with Gasteiger partial charge in [0.15, 0.2) is 0 Å². The molecule has 0 unspecified atom stereocenters. The van der Waals surface area contributed by atoms with Crippen LogP contribution >= 0.6 is 22.6 Å². The molecule has 0 N–H and O–H groups in total. The Morgan fingerprint density at radius 2 is 1.79 bits per heavy atom. The molecule has 19 heavy (non-hydrogen) atoms. The van der Waals surface area contributed by atoms with Gasteiger partial charge >= 0.3 is 0 Å². The molecular formula is C16H17IO2. The lowest BCUT2D eigenvalue weighted by molar-refractivity contribution is 0.118. The van der Waals surface area contributed by atoms with Crippen LogP contribution in [-0.2, 0) is 11.3 Å². The Bertz CT molecular complexity index is 526. The number of ether oxygens (including phenoxy) is 2. The third kappa shape index (κ3) is 3.70. The summed E-state index contributed by atoms with van der Waals surface area (Å²) < 4.78 is 12.4. The molecule has 2 aromatic rings. The maximum Gasteiger partial charge on any atom is 0.133 e. The highest BCUT2D eigenvalue weighted by Crippen LogP contribution is 2.30. The standard InChI is InChI=1S/C16H17IO2/c1-12(18-2)14-9-6-10-15(16(14)17)19-11-13-7-4-3-5-8-13/h3-10,12H,11H2,1-2H3/t12-/m0/s1. The first-order chi connectivity index (χ1) is 9.22. The largest absolute Gasteiger partial charge is 0.488 e. The van der Waals surface area contributed by atoms with Gasteiger partial charge in [0.05, 0.1) is 9.67 Å². The molecule has 0 spiro atoms. The van der Waals surface area contributed by atoms with E-state index >= 15 is 0 Å². The number of benzene rings is 2. The van der Waals surface area contributed by atoms with Crippen molar-refractivity contribution in [2.75, 3.05) is 7.11 Å². The average molecular weight is 368 g/mol. The van der Waals surface area contributed by atoms with Crippen LogP contribution in [0.4, 0.5) is 0 Å². The minimum Gasteiger partial charge on any atom is -0.488 e. The van der Waals surface area contributed by atoms with Gasteiger partial charge in [0.2, 0.25) is 0 Å². The summed E-state index contributed by atoms with van der Waals surface area (Å²) in [4.78, 5) is 0. The van der Waals surface area contributed by atoms with E-state index in [1.54, 1.807) is 7.11 Å². The van der Waals surface area contributed by atoms with E-state index in [-0.39, 0.29) is 6.10 Å². The predicted molar refractivity (Wildman–Crippen MR) is 85.4 cm³/mol. The van der Waals surface area contributed by atoms with Crippen LogP contribution in [0.5, 0.6) is 5.75 Å². The summed E-state index contributed by atoms with van der Waals surface area (Å²) in [7, 11) is 1.72. The van der Waals surface area contributed by atoms with Gasteiger partial charge in [-0.3, -0.25) is 0 Å². The van der Waals surface area contributed by atoms with Crippen molar-refractivity contribution in [3.05, 3.63) is 63.2 Å². The summed E-state index contributed by atoms with van der Waals surface area (Å²) in [6, 6.07) is 16.3. The zero-order chi connectivity index (χ0) is 13.7. The summed E-state index contributed by atoms with van der Waals surface area (Å²) in [5, 5.41) is 0. The zero-order valence-electron chi connectivity index (χ0n) is 11.1. The molecule has 100 valence electrons. The Morgan fingerprint density at radius 1 is 1.05 bits per heavy atom. The summed E-state index contributed by atoms with van der Waals surface area (Å²) in [5.41, 5.74) is 2.33. The van der Waals surface area contributed by atoms with Crippen LogP contribution in [0.2, 0.25) is 0 Å². The second kappa shape index (κ2) is 6.91. The smallest absolute Gasteiger partial charge is 0.133 e. The maximum absolute atomic E-state index is 5.90. The van der Waals surface area contributed by atoms with Gasteiger partial charge < -0.3 is 9.47 Å². The van der Waals surface area contributed by atoms with Gasteiger partial charge in [-0.25, -0.2) is 0 Å². The van der Waals surface area contributed by atoms with Gasteiger partial charge in [-0.15, -0.1) is 0 Å². The van der Waals surface area contributed by atoms with Gasteiger partial charge in [0, 0.05) is 7.11 Å². The molecule has 0 fully saturated rings. The molecule has 0 bridgehead atoms. The topological polar surface area (TPSA) is 18.5 Å². The van der Waals surface area contributed by atoms with E-state index in [1.165, 1.54) is 5.56 Å². The van der Waals surface area contributed by atoms with E-state index in [0.717, 1.165) is 14.9 Å². The lowest BCUT2D eigenvalue weighted by Gasteiger charge is -2.15. The predicted octanol–water partition coefficient (Wildman–Crippen LogP) is 4.58. The fraction of sp³-hybridized carbons (Fsp3) is 0.250. The number of methoxy groups -OCH3 is 1. The molecule has 3 heteroatoms. The molecule has 0 aliphatic heterocycles. The van der Waals surface area contributed by atoms with Crippen molar-refractivity contribution >= 4 is 22.6 Å². The Hall–Kier alpha value is -1.07. The van der Waals surface area contributed by atoms with Crippen LogP contribution in [0.1, 0.15) is 24.2 Å². The van der Waals surface area contributed by atoms with Gasteiger partial charge in [-0.1, -0.05) is 42.5 Å². The minimum atomic E-state index is 0.0761. The normalized spacial score (nSPS) is 12.2. The van der Waals surface area contributed by atoms with Crippen LogP contribution < -0.4 is 4.74 Å². The van der Waals surface area contributed by atoms with Crippen LogP contribution in [0.3, 0.4) is 0 Å². The highest BCUT2D eigenvalue weighted by atomic mass is 127. The highest BCUT2D eigenvalue weighted by Gasteiger charge is 2.12. The number of hydrogen-bond acceptors (Lipinski definition) is 2. The van der Waals surface area contributed by atoms with Gasteiger partial charge in [0.25, 0.3) is 0 Å². The van der Waals surface area contributed by atoms with Crippen molar-refractivity contribution in [1.29, 1.82) is 0 Å². The highest BCUT2D eigenvalue weighted by molar-refractivity contribution is 14.1. The molecule has 0 radical (unpaired) electrons. The molecule has 0 aliphatic carbocycles. The van der Waals surface area contributed by atoms with Crippen LogP contribution in [-0.4, -0.2) is 7.11 Å². The van der Waals surface area contributed by atoms with Crippen molar-refractivity contribution in [3.8, 4) is 5.75 Å². The number of rotatable bonds is 5. The SMILES string of the molecule is CO[C@@H](C)c1cccc(OCc2ccccc2)c1I. The maximum atomic E-state index is 5.90. The third-order valence-electron chi connectivity index (χ3n) is 3.02. The van der Waals surface area contributed by atoms with E-state index in [0.29, 0.717) is 6.61 Å². The monoisotopic (exact) mass is 368 g/mol. The molecule has 0 saturated carbocycles. The van der Waals surface area contributed by atoms with Crippen molar-refractivity contribution in [3.63, 3.8) is 0 Å². The zero-order valence-corrected chi connectivity index (χ0v) is 13.3. The molecule has 0 aromatic heterocycles. The molecule has 1 atom stereocenters. The fourth-order valence-electron chi connectivity index (χ4n) is 1.82. The van der Waals surface area contributed by atoms with Crippen LogP contribution in [0, 0.1) is 3.57 Å². The Labute approximate surface area is 127 Å². The summed E-state index contributed by atoms with van der Waals surface area (Å²) >= 11 is 2.32. The summed E-state index contributed by atoms with van der Waals surface area (Å²) in [6.07, 6.45) is 0.0761. The van der Waals surface area contributed by atoms with Crippen molar-refractivity contribution < 1.29 is 9.47 Å². The lowest BCUT2D eigenvalue weighted by Crippen LogP contribution is -2.02. The van der Waals surface area contributed by atoms with E-state index in [4.69, 9.17) is 9.47 Å². The van der Waals surface area contributed by atoms with Gasteiger partial charge in [0.1, 0.15) is 12.4 Å². The second-order valence-corrected chi connectivity index (χ2v) is 5.39. The molecule has 0 heterocycles. The summed E-state index contributed by atoms with van der Waals surface area (Å²) in [5.74, 6) is 0.908. The lowest BCUT2D eigenvalue weighted by atomic mass is 10.1. The first kappa shape index (κ1) is 14.3. The van der Waals surface area contributed by atoms with Crippen molar-refractivity contribution in [2.45, 2.75) is 19.6 Å².